The summed E-state index contributed by atoms with van der Waals surface area (Å²) in [4.78, 5) is 78.5. The number of rotatable bonds is 17. The summed E-state index contributed by atoms with van der Waals surface area (Å²) in [6.45, 7) is 3.56. The first-order valence-electron chi connectivity index (χ1n) is 11.6. The number of aliphatic carboxylic acids is 3. The maximum Gasteiger partial charge on any atom is 0.326 e. The fraction of sp³-hybridized carbons (Fsp3) is 0.591. The van der Waals surface area contributed by atoms with Gasteiger partial charge < -0.3 is 42.0 Å². The summed E-state index contributed by atoms with van der Waals surface area (Å²) in [5.74, 6) is -6.31. The van der Waals surface area contributed by atoms with Gasteiger partial charge in [0.2, 0.25) is 17.7 Å². The number of carboxylic acid groups (broad SMARTS) is 3. The van der Waals surface area contributed by atoms with E-state index in [1.807, 2.05) is 0 Å². The van der Waals surface area contributed by atoms with E-state index in [2.05, 4.69) is 25.9 Å². The van der Waals surface area contributed by atoms with E-state index >= 15 is 0 Å². The van der Waals surface area contributed by atoms with Gasteiger partial charge in [-0.2, -0.15) is 0 Å². The van der Waals surface area contributed by atoms with Gasteiger partial charge >= 0.3 is 17.9 Å². The van der Waals surface area contributed by atoms with Crippen LogP contribution >= 0.6 is 0 Å². The van der Waals surface area contributed by atoms with Crippen molar-refractivity contribution in [2.45, 2.75) is 76.5 Å². The minimum Gasteiger partial charge on any atom is -0.481 e. The molecule has 3 amide bonds. The molecule has 0 saturated heterocycles. The number of hydrogen-bond donors (Lipinski definition) is 8. The Morgan fingerprint density at radius 1 is 0.865 bits per heavy atom. The maximum absolute atomic E-state index is 13.0. The summed E-state index contributed by atoms with van der Waals surface area (Å²) in [5.41, 5.74) is 6.12. The molecule has 1 aromatic rings. The number of aromatic nitrogens is 2. The molecule has 0 aromatic carbocycles. The first-order chi connectivity index (χ1) is 17.3. The Kier molecular flexibility index (Phi) is 12.7. The van der Waals surface area contributed by atoms with E-state index in [1.165, 1.54) is 12.5 Å². The monoisotopic (exact) mass is 526 g/mol. The average Bonchev–Trinajstić information content (AvgIpc) is 3.31. The van der Waals surface area contributed by atoms with Gasteiger partial charge in [0.05, 0.1) is 12.4 Å². The molecule has 0 bridgehead atoms. The lowest BCUT2D eigenvalue weighted by Gasteiger charge is -2.25. The second-order valence-corrected chi connectivity index (χ2v) is 8.90. The van der Waals surface area contributed by atoms with Crippen LogP contribution in [-0.4, -0.2) is 85.1 Å². The van der Waals surface area contributed by atoms with E-state index in [0.29, 0.717) is 5.69 Å². The summed E-state index contributed by atoms with van der Waals surface area (Å²) in [6, 6.07) is -5.20. The Morgan fingerprint density at radius 2 is 1.41 bits per heavy atom. The molecule has 0 aliphatic heterocycles. The van der Waals surface area contributed by atoms with Gasteiger partial charge in [-0.15, -0.1) is 0 Å². The average molecular weight is 527 g/mol. The quantitative estimate of drug-likeness (QED) is 0.117. The Hall–Kier alpha value is -4.01. The number of nitrogens with two attached hydrogens (primary N) is 1. The summed E-state index contributed by atoms with van der Waals surface area (Å²) in [5, 5.41) is 34.4. The third kappa shape index (κ3) is 12.0. The fourth-order valence-electron chi connectivity index (χ4n) is 3.29. The zero-order valence-corrected chi connectivity index (χ0v) is 20.6. The van der Waals surface area contributed by atoms with Crippen LogP contribution in [0, 0.1) is 5.92 Å². The van der Waals surface area contributed by atoms with Gasteiger partial charge in [0.15, 0.2) is 0 Å². The fourth-order valence-corrected chi connectivity index (χ4v) is 3.29. The maximum atomic E-state index is 13.0. The molecule has 1 rings (SSSR count). The highest BCUT2D eigenvalue weighted by Crippen LogP contribution is 2.08. The number of carbonyl (C=O) groups is 6. The molecule has 37 heavy (non-hydrogen) atoms. The predicted molar refractivity (Wildman–Crippen MR) is 127 cm³/mol. The Labute approximate surface area is 212 Å². The van der Waals surface area contributed by atoms with E-state index in [0.717, 1.165) is 0 Å². The SMILES string of the molecule is CC(C)CC(NC(=O)C(Cc1cnc[nH]1)NC(=O)C(CCC(=O)O)NC(=O)C(N)CCC(=O)O)C(=O)O. The molecular weight excluding hydrogens is 492 g/mol. The Bertz CT molecular complexity index is 950. The van der Waals surface area contributed by atoms with Gasteiger partial charge in [0.1, 0.15) is 18.1 Å². The minimum absolute atomic E-state index is 0.0528. The number of H-pyrrole nitrogens is 1. The number of hydrogen-bond acceptors (Lipinski definition) is 8. The van der Waals surface area contributed by atoms with Gasteiger partial charge in [-0.3, -0.25) is 24.0 Å². The van der Waals surface area contributed by atoms with Crippen LogP contribution in [0.4, 0.5) is 0 Å². The topological polar surface area (TPSA) is 254 Å². The van der Waals surface area contributed by atoms with E-state index in [4.69, 9.17) is 15.9 Å². The minimum atomic E-state index is -1.41. The van der Waals surface area contributed by atoms with Gasteiger partial charge in [0.25, 0.3) is 0 Å². The molecule has 0 radical (unpaired) electrons. The second-order valence-electron chi connectivity index (χ2n) is 8.90. The molecule has 0 aliphatic carbocycles. The van der Waals surface area contributed by atoms with Crippen LogP contribution in [0.5, 0.6) is 0 Å². The number of carbonyl (C=O) groups excluding carboxylic acids is 3. The number of aromatic amines is 1. The van der Waals surface area contributed by atoms with Crippen molar-refractivity contribution in [3.8, 4) is 0 Å². The lowest BCUT2D eigenvalue weighted by molar-refractivity contribution is -0.143. The molecule has 4 atom stereocenters. The van der Waals surface area contributed by atoms with Crippen LogP contribution in [-0.2, 0) is 35.2 Å². The Morgan fingerprint density at radius 3 is 1.92 bits per heavy atom. The molecule has 0 aliphatic rings. The smallest absolute Gasteiger partial charge is 0.326 e. The molecule has 0 spiro atoms. The van der Waals surface area contributed by atoms with Gasteiger partial charge in [-0.1, -0.05) is 13.8 Å². The molecule has 1 aromatic heterocycles. The van der Waals surface area contributed by atoms with Gasteiger partial charge in [-0.25, -0.2) is 9.78 Å². The van der Waals surface area contributed by atoms with Crippen molar-refractivity contribution in [2.75, 3.05) is 0 Å². The lowest BCUT2D eigenvalue weighted by Crippen LogP contribution is -2.57. The predicted octanol–water partition coefficient (Wildman–Crippen LogP) is -1.41. The molecule has 4 unspecified atom stereocenters. The molecule has 0 fully saturated rings. The van der Waals surface area contributed by atoms with Crippen molar-refractivity contribution in [1.82, 2.24) is 25.9 Å². The number of imidazole rings is 1. The number of nitrogens with zero attached hydrogens (tertiary/aromatic N) is 1. The molecule has 1 heterocycles. The molecular formula is C22H34N6O9. The summed E-state index contributed by atoms with van der Waals surface area (Å²) >= 11 is 0. The van der Waals surface area contributed by atoms with E-state index < -0.39 is 72.6 Å². The van der Waals surface area contributed by atoms with Crippen molar-refractivity contribution >= 4 is 35.6 Å². The molecule has 206 valence electrons. The zero-order chi connectivity index (χ0) is 28.1. The van der Waals surface area contributed by atoms with Crippen LogP contribution in [0.1, 0.15) is 51.6 Å². The first-order valence-corrected chi connectivity index (χ1v) is 11.6. The van der Waals surface area contributed by atoms with Crippen LogP contribution in [0.25, 0.3) is 0 Å². The summed E-state index contributed by atoms with van der Waals surface area (Å²) < 4.78 is 0. The van der Waals surface area contributed by atoms with E-state index in [1.54, 1.807) is 13.8 Å². The van der Waals surface area contributed by atoms with Crippen molar-refractivity contribution < 1.29 is 44.1 Å². The standard InChI is InChI=1S/C22H34N6O9/c1-11(2)7-16(22(36)37)28-21(35)15(8-12-9-24-10-25-12)27-20(34)14(4-6-18(31)32)26-19(33)13(23)3-5-17(29)30/h9-11,13-16H,3-8,23H2,1-2H3,(H,24,25)(H,26,33)(H,27,34)(H,28,35)(H,29,30)(H,31,32)(H,36,37). The number of nitrogens with one attached hydrogen (secondary N) is 4. The molecule has 9 N–H and O–H groups in total. The zero-order valence-electron chi connectivity index (χ0n) is 20.6. The Balaban J connectivity index is 3.07. The van der Waals surface area contributed by atoms with Crippen molar-refractivity contribution in [3.63, 3.8) is 0 Å². The van der Waals surface area contributed by atoms with Crippen LogP contribution in [0.3, 0.4) is 0 Å². The van der Waals surface area contributed by atoms with Gasteiger partial charge in [-0.05, 0) is 25.2 Å². The highest BCUT2D eigenvalue weighted by molar-refractivity contribution is 5.94. The van der Waals surface area contributed by atoms with Crippen LogP contribution < -0.4 is 21.7 Å². The third-order valence-corrected chi connectivity index (χ3v) is 5.22. The molecule has 0 saturated carbocycles. The second kappa shape index (κ2) is 15.2. The normalized spacial score (nSPS) is 14.2. The highest BCUT2D eigenvalue weighted by atomic mass is 16.4. The van der Waals surface area contributed by atoms with E-state index in [9.17, 15) is 33.9 Å². The lowest BCUT2D eigenvalue weighted by atomic mass is 10.0. The highest BCUT2D eigenvalue weighted by Gasteiger charge is 2.31. The number of carboxylic acids is 3. The largest absolute Gasteiger partial charge is 0.481 e. The number of amides is 3. The summed E-state index contributed by atoms with van der Waals surface area (Å²) in [7, 11) is 0. The van der Waals surface area contributed by atoms with Gasteiger partial charge in [0, 0.05) is 31.2 Å². The van der Waals surface area contributed by atoms with Crippen molar-refractivity contribution in [2.24, 2.45) is 11.7 Å². The third-order valence-electron chi connectivity index (χ3n) is 5.22. The molecule has 15 nitrogen and oxygen atoms in total. The first kappa shape index (κ1) is 31.0. The molecule has 15 heteroatoms. The summed E-state index contributed by atoms with van der Waals surface area (Å²) in [6.07, 6.45) is 1.32. The van der Waals surface area contributed by atoms with E-state index in [-0.39, 0.29) is 31.6 Å². The van der Waals surface area contributed by atoms with Crippen molar-refractivity contribution in [3.05, 3.63) is 18.2 Å². The van der Waals surface area contributed by atoms with Crippen molar-refractivity contribution in [1.29, 1.82) is 0 Å². The van der Waals surface area contributed by atoms with Crippen LogP contribution in [0.15, 0.2) is 12.5 Å². The van der Waals surface area contributed by atoms with Crippen LogP contribution in [0.2, 0.25) is 0 Å².